The molecule has 106 valence electrons. The summed E-state index contributed by atoms with van der Waals surface area (Å²) in [6.45, 7) is 0.429. The Bertz CT molecular complexity index is 780. The second-order valence-corrected chi connectivity index (χ2v) is 4.63. The van der Waals surface area contributed by atoms with Gasteiger partial charge in [0, 0.05) is 41.5 Å². The number of methoxy groups -OCH3 is 1. The summed E-state index contributed by atoms with van der Waals surface area (Å²) in [5.74, 6) is 0.436. The van der Waals surface area contributed by atoms with E-state index in [1.54, 1.807) is 19.4 Å². The zero-order valence-electron chi connectivity index (χ0n) is 11.6. The Kier molecular flexibility index (Phi) is 3.55. The van der Waals surface area contributed by atoms with E-state index < -0.39 is 0 Å². The van der Waals surface area contributed by atoms with E-state index in [-0.39, 0.29) is 5.91 Å². The van der Waals surface area contributed by atoms with Gasteiger partial charge in [0.05, 0.1) is 7.11 Å². The molecule has 0 saturated carbocycles. The van der Waals surface area contributed by atoms with Crippen LogP contribution in [0.4, 0.5) is 0 Å². The molecule has 5 heteroatoms. The van der Waals surface area contributed by atoms with Gasteiger partial charge in [-0.25, -0.2) is 4.98 Å². The molecule has 1 amide bonds. The van der Waals surface area contributed by atoms with Crippen molar-refractivity contribution in [3.63, 3.8) is 0 Å². The monoisotopic (exact) mass is 281 g/mol. The number of aromatic amines is 1. The van der Waals surface area contributed by atoms with Crippen LogP contribution in [0.2, 0.25) is 0 Å². The number of H-pyrrole nitrogens is 1. The van der Waals surface area contributed by atoms with Gasteiger partial charge in [0.1, 0.15) is 0 Å². The fraction of sp³-hybridized carbons (Fsp3) is 0.125. The molecule has 0 bridgehead atoms. The molecule has 2 aromatic heterocycles. The molecule has 0 aliphatic heterocycles. The van der Waals surface area contributed by atoms with Gasteiger partial charge in [-0.05, 0) is 29.8 Å². The number of ether oxygens (including phenoxy) is 1. The molecule has 0 aliphatic carbocycles. The fourth-order valence-electron chi connectivity index (χ4n) is 2.23. The van der Waals surface area contributed by atoms with Crippen LogP contribution >= 0.6 is 0 Å². The number of rotatable bonds is 4. The van der Waals surface area contributed by atoms with Crippen LogP contribution in [-0.4, -0.2) is 23.0 Å². The molecule has 2 heterocycles. The molecular formula is C16H15N3O2. The normalized spacial score (nSPS) is 10.5. The minimum Gasteiger partial charge on any atom is -0.481 e. The van der Waals surface area contributed by atoms with Gasteiger partial charge in [0.2, 0.25) is 5.88 Å². The number of carbonyl (C=O) groups is 1. The average molecular weight is 281 g/mol. The van der Waals surface area contributed by atoms with Crippen molar-refractivity contribution in [3.8, 4) is 5.88 Å². The number of nitrogens with zero attached hydrogens (tertiary/aromatic N) is 1. The lowest BCUT2D eigenvalue weighted by Gasteiger charge is -2.07. The number of amides is 1. The zero-order valence-corrected chi connectivity index (χ0v) is 11.6. The van der Waals surface area contributed by atoms with Crippen LogP contribution in [0.3, 0.4) is 0 Å². The number of nitrogens with one attached hydrogen (secondary N) is 2. The quantitative estimate of drug-likeness (QED) is 0.772. The minimum absolute atomic E-state index is 0.101. The van der Waals surface area contributed by atoms with E-state index in [9.17, 15) is 4.79 Å². The molecule has 3 rings (SSSR count). The number of benzene rings is 1. The number of fused-ring (bicyclic) bond motifs is 1. The molecule has 0 radical (unpaired) electrons. The summed E-state index contributed by atoms with van der Waals surface area (Å²) < 4.78 is 5.07. The number of hydrogen-bond acceptors (Lipinski definition) is 3. The van der Waals surface area contributed by atoms with Gasteiger partial charge in [-0.3, -0.25) is 4.79 Å². The third-order valence-corrected chi connectivity index (χ3v) is 3.30. The second-order valence-electron chi connectivity index (χ2n) is 4.63. The highest BCUT2D eigenvalue weighted by Crippen LogP contribution is 2.17. The summed E-state index contributed by atoms with van der Waals surface area (Å²) in [5.41, 5.74) is 2.56. The smallest absolute Gasteiger partial charge is 0.252 e. The first-order valence-electron chi connectivity index (χ1n) is 6.61. The van der Waals surface area contributed by atoms with Gasteiger partial charge in [-0.1, -0.05) is 6.07 Å². The maximum absolute atomic E-state index is 12.3. The third-order valence-electron chi connectivity index (χ3n) is 3.30. The molecule has 0 atom stereocenters. The largest absolute Gasteiger partial charge is 0.481 e. The standard InChI is InChI=1S/C16H15N3O2/c1-21-15-9-11(5-7-18-15)10-19-16(20)13-3-2-4-14-12(13)6-8-17-14/h2-9,17H,10H2,1H3,(H,19,20). The van der Waals surface area contributed by atoms with Crippen molar-refractivity contribution in [2.45, 2.75) is 6.54 Å². The number of hydrogen-bond donors (Lipinski definition) is 2. The lowest BCUT2D eigenvalue weighted by Crippen LogP contribution is -2.22. The van der Waals surface area contributed by atoms with Crippen molar-refractivity contribution < 1.29 is 9.53 Å². The Hall–Kier alpha value is -2.82. The van der Waals surface area contributed by atoms with Crippen molar-refractivity contribution in [1.82, 2.24) is 15.3 Å². The van der Waals surface area contributed by atoms with Crippen LogP contribution in [0.1, 0.15) is 15.9 Å². The van der Waals surface area contributed by atoms with Gasteiger partial charge in [-0.15, -0.1) is 0 Å². The van der Waals surface area contributed by atoms with Crippen LogP contribution in [0, 0.1) is 0 Å². The summed E-state index contributed by atoms with van der Waals surface area (Å²) >= 11 is 0. The molecule has 0 saturated heterocycles. The third kappa shape index (κ3) is 2.72. The van der Waals surface area contributed by atoms with Gasteiger partial charge in [-0.2, -0.15) is 0 Å². The first kappa shape index (κ1) is 13.2. The molecule has 0 aliphatic rings. The highest BCUT2D eigenvalue weighted by Gasteiger charge is 2.10. The molecule has 0 unspecified atom stereocenters. The minimum atomic E-state index is -0.101. The fourth-order valence-corrected chi connectivity index (χ4v) is 2.23. The van der Waals surface area contributed by atoms with Crippen LogP contribution in [0.5, 0.6) is 5.88 Å². The Morgan fingerprint density at radius 2 is 2.24 bits per heavy atom. The van der Waals surface area contributed by atoms with Crippen LogP contribution < -0.4 is 10.1 Å². The molecule has 21 heavy (non-hydrogen) atoms. The van der Waals surface area contributed by atoms with E-state index in [2.05, 4.69) is 15.3 Å². The van der Waals surface area contributed by atoms with E-state index in [4.69, 9.17) is 4.74 Å². The first-order valence-corrected chi connectivity index (χ1v) is 6.61. The Morgan fingerprint density at radius 3 is 3.10 bits per heavy atom. The Labute approximate surface area is 122 Å². The highest BCUT2D eigenvalue weighted by molar-refractivity contribution is 6.06. The molecule has 1 aromatic carbocycles. The van der Waals surface area contributed by atoms with Gasteiger partial charge in [0.25, 0.3) is 5.91 Å². The maximum Gasteiger partial charge on any atom is 0.252 e. The van der Waals surface area contributed by atoms with Crippen molar-refractivity contribution in [2.75, 3.05) is 7.11 Å². The SMILES string of the molecule is COc1cc(CNC(=O)c2cccc3[nH]ccc23)ccn1. The van der Waals surface area contributed by atoms with Crippen LogP contribution in [-0.2, 0) is 6.54 Å². The van der Waals surface area contributed by atoms with E-state index in [1.807, 2.05) is 36.5 Å². The van der Waals surface area contributed by atoms with E-state index in [0.29, 0.717) is 18.0 Å². The number of carbonyl (C=O) groups excluding carboxylic acids is 1. The van der Waals surface area contributed by atoms with Crippen LogP contribution in [0.25, 0.3) is 10.9 Å². The van der Waals surface area contributed by atoms with Crippen molar-refractivity contribution in [1.29, 1.82) is 0 Å². The average Bonchev–Trinajstić information content (AvgIpc) is 3.01. The van der Waals surface area contributed by atoms with Gasteiger partial charge >= 0.3 is 0 Å². The Balaban J connectivity index is 1.76. The Morgan fingerprint density at radius 1 is 1.33 bits per heavy atom. The predicted molar refractivity (Wildman–Crippen MR) is 80.3 cm³/mol. The molecule has 3 aromatic rings. The van der Waals surface area contributed by atoms with Crippen molar-refractivity contribution in [2.24, 2.45) is 0 Å². The molecule has 2 N–H and O–H groups in total. The number of pyridine rings is 1. The summed E-state index contributed by atoms with van der Waals surface area (Å²) in [7, 11) is 1.57. The van der Waals surface area contributed by atoms with E-state index in [1.165, 1.54) is 0 Å². The lowest BCUT2D eigenvalue weighted by molar-refractivity contribution is 0.0952. The van der Waals surface area contributed by atoms with E-state index >= 15 is 0 Å². The summed E-state index contributed by atoms with van der Waals surface area (Å²) in [6.07, 6.45) is 3.49. The van der Waals surface area contributed by atoms with E-state index in [0.717, 1.165) is 16.5 Å². The van der Waals surface area contributed by atoms with Crippen LogP contribution in [0.15, 0.2) is 48.8 Å². The molecule has 0 spiro atoms. The molecular weight excluding hydrogens is 266 g/mol. The second kappa shape index (κ2) is 5.66. The summed E-state index contributed by atoms with van der Waals surface area (Å²) in [5, 5.41) is 3.83. The van der Waals surface area contributed by atoms with Gasteiger partial charge in [0.15, 0.2) is 0 Å². The lowest BCUT2D eigenvalue weighted by atomic mass is 10.1. The van der Waals surface area contributed by atoms with Crippen molar-refractivity contribution >= 4 is 16.8 Å². The summed E-state index contributed by atoms with van der Waals surface area (Å²) in [6, 6.07) is 11.2. The highest BCUT2D eigenvalue weighted by atomic mass is 16.5. The molecule has 5 nitrogen and oxygen atoms in total. The molecule has 0 fully saturated rings. The topological polar surface area (TPSA) is 67.0 Å². The number of aromatic nitrogens is 2. The van der Waals surface area contributed by atoms with Gasteiger partial charge < -0.3 is 15.0 Å². The predicted octanol–water partition coefficient (Wildman–Crippen LogP) is 2.50. The maximum atomic E-state index is 12.3. The zero-order chi connectivity index (χ0) is 14.7. The van der Waals surface area contributed by atoms with Crippen molar-refractivity contribution in [3.05, 3.63) is 59.9 Å². The first-order chi connectivity index (χ1) is 10.3. The summed E-state index contributed by atoms with van der Waals surface area (Å²) in [4.78, 5) is 19.4.